The summed E-state index contributed by atoms with van der Waals surface area (Å²) in [6.07, 6.45) is -2.62. The molecule has 0 heterocycles. The van der Waals surface area contributed by atoms with Gasteiger partial charge in [-0.25, -0.2) is 0 Å². The quantitative estimate of drug-likeness (QED) is 0.727. The normalized spacial score (nSPS) is 15.0. The molecule has 0 bridgehead atoms. The Balaban J connectivity index is 3.46. The molecule has 0 aliphatic carbocycles. The number of hydrogen-bond donors (Lipinski definition) is 1. The highest BCUT2D eigenvalue weighted by molar-refractivity contribution is 4.60. The molecule has 5 heteroatoms. The maximum absolute atomic E-state index is 11.8. The molecule has 0 aliphatic rings. The molecule has 0 radical (unpaired) electrons. The topological polar surface area (TPSA) is 29.3 Å². The Morgan fingerprint density at radius 2 is 1.92 bits per heavy atom. The predicted octanol–water partition coefficient (Wildman–Crippen LogP) is 1.61. The van der Waals surface area contributed by atoms with Crippen LogP contribution in [0.4, 0.5) is 13.2 Å². The zero-order chi connectivity index (χ0) is 10.5. The molecule has 2 nitrogen and oxygen atoms in total. The van der Waals surface area contributed by atoms with Crippen molar-refractivity contribution in [3.8, 4) is 0 Å². The first-order valence-corrected chi connectivity index (χ1v) is 4.32. The van der Waals surface area contributed by atoms with Crippen molar-refractivity contribution >= 4 is 0 Å². The summed E-state index contributed by atoms with van der Waals surface area (Å²) < 4.78 is 35.5. The van der Waals surface area contributed by atoms with Crippen molar-refractivity contribution in [2.45, 2.75) is 32.0 Å². The summed E-state index contributed by atoms with van der Waals surface area (Å²) >= 11 is 0. The fourth-order valence-corrected chi connectivity index (χ4v) is 1.07. The number of nitrogens with two attached hydrogens (primary N) is 1. The van der Waals surface area contributed by atoms with Crippen LogP contribution in [-0.4, -0.2) is 37.3 Å². The number of rotatable bonds is 5. The van der Waals surface area contributed by atoms with Crippen LogP contribution >= 0.6 is 0 Å². The molecule has 0 saturated heterocycles. The molecule has 1 atom stereocenters. The number of nitrogens with zero attached hydrogens (tertiary/aromatic N) is 1. The van der Waals surface area contributed by atoms with Gasteiger partial charge in [-0.3, -0.25) is 4.90 Å². The second kappa shape index (κ2) is 5.44. The van der Waals surface area contributed by atoms with E-state index in [1.54, 1.807) is 0 Å². The summed E-state index contributed by atoms with van der Waals surface area (Å²) in [5.41, 5.74) is 5.47. The van der Waals surface area contributed by atoms with Crippen LogP contribution in [-0.2, 0) is 0 Å². The summed E-state index contributed by atoms with van der Waals surface area (Å²) in [5, 5.41) is 0. The van der Waals surface area contributed by atoms with Crippen LogP contribution in [0.1, 0.15) is 19.8 Å². The highest BCUT2D eigenvalue weighted by Crippen LogP contribution is 2.15. The predicted molar refractivity (Wildman–Crippen MR) is 46.4 cm³/mol. The van der Waals surface area contributed by atoms with E-state index < -0.39 is 12.7 Å². The van der Waals surface area contributed by atoms with Gasteiger partial charge in [0.1, 0.15) is 0 Å². The van der Waals surface area contributed by atoms with E-state index in [1.165, 1.54) is 11.9 Å². The molecule has 0 rings (SSSR count). The first kappa shape index (κ1) is 12.7. The Kier molecular flexibility index (Phi) is 5.32. The molecule has 0 amide bonds. The van der Waals surface area contributed by atoms with Crippen molar-refractivity contribution in [3.05, 3.63) is 0 Å². The van der Waals surface area contributed by atoms with E-state index in [2.05, 4.69) is 0 Å². The minimum Gasteiger partial charge on any atom is -0.328 e. The van der Waals surface area contributed by atoms with E-state index in [4.69, 9.17) is 5.73 Å². The van der Waals surface area contributed by atoms with Crippen molar-refractivity contribution in [2.75, 3.05) is 20.1 Å². The molecule has 0 saturated carbocycles. The van der Waals surface area contributed by atoms with Gasteiger partial charge < -0.3 is 5.73 Å². The molecule has 1 unspecified atom stereocenters. The Morgan fingerprint density at radius 1 is 1.38 bits per heavy atom. The minimum absolute atomic E-state index is 0.0688. The zero-order valence-electron chi connectivity index (χ0n) is 8.06. The summed E-state index contributed by atoms with van der Waals surface area (Å²) in [4.78, 5) is 1.27. The maximum Gasteiger partial charge on any atom is 0.401 e. The largest absolute Gasteiger partial charge is 0.401 e. The molecule has 0 aromatic heterocycles. The van der Waals surface area contributed by atoms with Gasteiger partial charge in [-0.15, -0.1) is 0 Å². The summed E-state index contributed by atoms with van der Waals surface area (Å²) in [5.74, 6) is 0. The summed E-state index contributed by atoms with van der Waals surface area (Å²) in [6, 6.07) is 0.0688. The molecule has 13 heavy (non-hydrogen) atoms. The van der Waals surface area contributed by atoms with E-state index in [1.807, 2.05) is 6.92 Å². The van der Waals surface area contributed by atoms with E-state index in [0.29, 0.717) is 13.0 Å². The Hall–Kier alpha value is -0.290. The second-order valence-electron chi connectivity index (χ2n) is 3.47. The monoisotopic (exact) mass is 198 g/mol. The van der Waals surface area contributed by atoms with E-state index in [9.17, 15) is 13.2 Å². The van der Waals surface area contributed by atoms with Gasteiger partial charge in [0.2, 0.25) is 0 Å². The van der Waals surface area contributed by atoms with Gasteiger partial charge in [0.15, 0.2) is 0 Å². The Bertz CT molecular complexity index is 134. The third-order valence-corrected chi connectivity index (χ3v) is 1.65. The third-order valence-electron chi connectivity index (χ3n) is 1.65. The van der Waals surface area contributed by atoms with Gasteiger partial charge in [-0.05, 0) is 33.4 Å². The second-order valence-corrected chi connectivity index (χ2v) is 3.47. The lowest BCUT2D eigenvalue weighted by Gasteiger charge is -2.18. The first-order valence-electron chi connectivity index (χ1n) is 4.32. The van der Waals surface area contributed by atoms with Crippen LogP contribution in [0.25, 0.3) is 0 Å². The van der Waals surface area contributed by atoms with Crippen LogP contribution < -0.4 is 5.73 Å². The summed E-state index contributed by atoms with van der Waals surface area (Å²) in [6.45, 7) is 1.46. The van der Waals surface area contributed by atoms with Crippen molar-refractivity contribution in [1.82, 2.24) is 4.90 Å². The number of alkyl halides is 3. The fraction of sp³-hybridized carbons (Fsp3) is 1.00. The van der Waals surface area contributed by atoms with Gasteiger partial charge in [-0.1, -0.05) is 0 Å². The average Bonchev–Trinajstić information content (AvgIpc) is 1.81. The lowest BCUT2D eigenvalue weighted by Crippen LogP contribution is -2.32. The molecular weight excluding hydrogens is 181 g/mol. The van der Waals surface area contributed by atoms with Crippen LogP contribution in [0.2, 0.25) is 0 Å². The molecule has 0 spiro atoms. The van der Waals surface area contributed by atoms with Gasteiger partial charge in [0.05, 0.1) is 6.54 Å². The van der Waals surface area contributed by atoms with E-state index in [0.717, 1.165) is 6.42 Å². The van der Waals surface area contributed by atoms with E-state index in [-0.39, 0.29) is 6.04 Å². The number of halogens is 3. The minimum atomic E-state index is -4.09. The fourth-order valence-electron chi connectivity index (χ4n) is 1.07. The zero-order valence-corrected chi connectivity index (χ0v) is 8.06. The van der Waals surface area contributed by atoms with Gasteiger partial charge >= 0.3 is 6.18 Å². The summed E-state index contributed by atoms with van der Waals surface area (Å²) in [7, 11) is 1.47. The molecule has 0 aromatic rings. The molecule has 0 aliphatic heterocycles. The smallest absolute Gasteiger partial charge is 0.328 e. The molecule has 0 fully saturated rings. The Morgan fingerprint density at radius 3 is 2.31 bits per heavy atom. The lowest BCUT2D eigenvalue weighted by atomic mass is 10.2. The van der Waals surface area contributed by atoms with Gasteiger partial charge in [0.25, 0.3) is 0 Å². The molecule has 2 N–H and O–H groups in total. The lowest BCUT2D eigenvalue weighted by molar-refractivity contribution is -0.143. The highest BCUT2D eigenvalue weighted by atomic mass is 19.4. The van der Waals surface area contributed by atoms with Crippen molar-refractivity contribution < 1.29 is 13.2 Å². The molecular formula is C8H17F3N2. The van der Waals surface area contributed by atoms with Crippen LogP contribution in [0.5, 0.6) is 0 Å². The first-order chi connectivity index (χ1) is 5.81. The van der Waals surface area contributed by atoms with E-state index >= 15 is 0 Å². The Labute approximate surface area is 76.9 Å². The van der Waals surface area contributed by atoms with Gasteiger partial charge in [-0.2, -0.15) is 13.2 Å². The number of hydrogen-bond acceptors (Lipinski definition) is 2. The SMILES string of the molecule is CC(N)CCCN(C)CC(F)(F)F. The third kappa shape index (κ3) is 9.63. The van der Waals surface area contributed by atoms with Crippen molar-refractivity contribution in [1.29, 1.82) is 0 Å². The maximum atomic E-state index is 11.8. The molecule has 80 valence electrons. The van der Waals surface area contributed by atoms with Crippen LogP contribution in [0.15, 0.2) is 0 Å². The van der Waals surface area contributed by atoms with Crippen molar-refractivity contribution in [2.24, 2.45) is 5.73 Å². The highest BCUT2D eigenvalue weighted by Gasteiger charge is 2.28. The van der Waals surface area contributed by atoms with Crippen LogP contribution in [0.3, 0.4) is 0 Å². The standard InChI is InChI=1S/C8H17F3N2/c1-7(12)4-3-5-13(2)6-8(9,10)11/h7H,3-6,12H2,1-2H3. The van der Waals surface area contributed by atoms with Gasteiger partial charge in [0, 0.05) is 6.04 Å². The molecule has 0 aromatic carbocycles. The van der Waals surface area contributed by atoms with Crippen molar-refractivity contribution in [3.63, 3.8) is 0 Å². The van der Waals surface area contributed by atoms with Crippen LogP contribution in [0, 0.1) is 0 Å². The average molecular weight is 198 g/mol.